The summed E-state index contributed by atoms with van der Waals surface area (Å²) < 4.78 is 32.0. The van der Waals surface area contributed by atoms with Crippen molar-refractivity contribution in [3.05, 3.63) is 85.5 Å². The third-order valence-corrected chi connectivity index (χ3v) is 6.01. The third kappa shape index (κ3) is 5.57. The van der Waals surface area contributed by atoms with Crippen LogP contribution in [0.4, 0.5) is 5.69 Å². The molecule has 0 aliphatic rings. The lowest BCUT2D eigenvalue weighted by Crippen LogP contribution is -2.35. The van der Waals surface area contributed by atoms with Crippen LogP contribution in [0.25, 0.3) is 0 Å². The van der Waals surface area contributed by atoms with Gasteiger partial charge in [-0.25, -0.2) is 13.2 Å². The van der Waals surface area contributed by atoms with Crippen molar-refractivity contribution in [1.29, 1.82) is 0 Å². The zero-order valence-electron chi connectivity index (χ0n) is 16.7. The van der Waals surface area contributed by atoms with E-state index in [1.807, 2.05) is 0 Å². The van der Waals surface area contributed by atoms with Crippen molar-refractivity contribution < 1.29 is 22.7 Å². The molecular formula is C22H24N2O5S. The Balaban J connectivity index is 2.14. The normalized spacial score (nSPS) is 10.7. The van der Waals surface area contributed by atoms with Gasteiger partial charge in [-0.3, -0.25) is 9.10 Å². The van der Waals surface area contributed by atoms with Crippen LogP contribution in [0, 0.1) is 0 Å². The molecule has 1 amide bonds. The first kappa shape index (κ1) is 22.9. The lowest BCUT2D eigenvalue weighted by Gasteiger charge is -2.20. The largest absolute Gasteiger partial charge is 0.452 e. The number of carbonyl (C=O) groups is 2. The first-order valence-corrected chi connectivity index (χ1v) is 10.6. The average Bonchev–Trinajstić information content (AvgIpc) is 2.77. The second kappa shape index (κ2) is 10.4. The van der Waals surface area contributed by atoms with Crippen molar-refractivity contribution in [2.45, 2.75) is 4.90 Å². The minimum atomic E-state index is -3.88. The number of benzene rings is 2. The van der Waals surface area contributed by atoms with E-state index in [0.29, 0.717) is 18.8 Å². The summed E-state index contributed by atoms with van der Waals surface area (Å²) in [4.78, 5) is 25.9. The lowest BCUT2D eigenvalue weighted by atomic mass is 10.2. The van der Waals surface area contributed by atoms with Crippen LogP contribution in [0.15, 0.2) is 84.8 Å². The number of hydrogen-bond donors (Lipinski definition) is 0. The average molecular weight is 429 g/mol. The highest BCUT2D eigenvalue weighted by atomic mass is 32.2. The lowest BCUT2D eigenvalue weighted by molar-refractivity contribution is -0.133. The molecule has 8 heteroatoms. The van der Waals surface area contributed by atoms with Crippen molar-refractivity contribution in [3.8, 4) is 0 Å². The van der Waals surface area contributed by atoms with Crippen LogP contribution in [-0.2, 0) is 19.6 Å². The van der Waals surface area contributed by atoms with E-state index in [0.717, 1.165) is 4.31 Å². The molecule has 0 bridgehead atoms. The summed E-state index contributed by atoms with van der Waals surface area (Å²) in [6, 6.07) is 14.1. The quantitative estimate of drug-likeness (QED) is 0.429. The number of esters is 1. The maximum absolute atomic E-state index is 12.9. The predicted molar refractivity (Wildman–Crippen MR) is 116 cm³/mol. The van der Waals surface area contributed by atoms with E-state index in [2.05, 4.69) is 13.2 Å². The fraction of sp³-hybridized carbons (Fsp3) is 0.182. The number of rotatable bonds is 10. The van der Waals surface area contributed by atoms with Gasteiger partial charge in [-0.15, -0.1) is 13.2 Å². The van der Waals surface area contributed by atoms with Crippen molar-refractivity contribution >= 4 is 27.6 Å². The van der Waals surface area contributed by atoms with Gasteiger partial charge in [-0.05, 0) is 30.3 Å². The molecule has 0 fully saturated rings. The van der Waals surface area contributed by atoms with Crippen LogP contribution in [0.5, 0.6) is 0 Å². The summed E-state index contributed by atoms with van der Waals surface area (Å²) in [5.74, 6) is -1.20. The van der Waals surface area contributed by atoms with Gasteiger partial charge < -0.3 is 9.64 Å². The van der Waals surface area contributed by atoms with Crippen LogP contribution < -0.4 is 4.31 Å². The fourth-order valence-electron chi connectivity index (χ4n) is 2.61. The predicted octanol–water partition coefficient (Wildman–Crippen LogP) is 2.87. The number of hydrogen-bond acceptors (Lipinski definition) is 5. The number of sulfonamides is 1. The molecular weight excluding hydrogens is 404 g/mol. The second-order valence-corrected chi connectivity index (χ2v) is 8.26. The molecule has 0 N–H and O–H groups in total. The summed E-state index contributed by atoms with van der Waals surface area (Å²) in [7, 11) is -2.45. The number of ether oxygens (including phenoxy) is 1. The molecule has 0 saturated carbocycles. The molecule has 2 aromatic carbocycles. The smallest absolute Gasteiger partial charge is 0.338 e. The Morgan fingerprint density at radius 3 is 2.23 bits per heavy atom. The molecule has 7 nitrogen and oxygen atoms in total. The number of amides is 1. The van der Waals surface area contributed by atoms with Crippen LogP contribution in [0.1, 0.15) is 10.4 Å². The van der Waals surface area contributed by atoms with Crippen LogP contribution >= 0.6 is 0 Å². The Morgan fingerprint density at radius 1 is 1.00 bits per heavy atom. The number of carbonyl (C=O) groups excluding carboxylic acids is 2. The second-order valence-electron chi connectivity index (χ2n) is 6.29. The Hall–Kier alpha value is -3.39. The minimum Gasteiger partial charge on any atom is -0.452 e. The summed E-state index contributed by atoms with van der Waals surface area (Å²) in [5, 5.41) is 0. The highest BCUT2D eigenvalue weighted by Crippen LogP contribution is 2.22. The first-order valence-electron chi connectivity index (χ1n) is 9.12. The SMILES string of the molecule is C=CCN(CC=C)C(=O)COC(=O)c1cccc(S(=O)(=O)N(C)c2ccccc2)c1. The van der Waals surface area contributed by atoms with Gasteiger partial charge >= 0.3 is 5.97 Å². The Labute approximate surface area is 176 Å². The third-order valence-electron chi connectivity index (χ3n) is 4.23. The Morgan fingerprint density at radius 2 is 1.63 bits per heavy atom. The number of para-hydroxylation sites is 1. The van der Waals surface area contributed by atoms with Gasteiger partial charge in [0, 0.05) is 20.1 Å². The Kier molecular flexibility index (Phi) is 7.94. The maximum Gasteiger partial charge on any atom is 0.338 e. The molecule has 0 saturated heterocycles. The maximum atomic E-state index is 12.9. The summed E-state index contributed by atoms with van der Waals surface area (Å²) in [5.41, 5.74) is 0.518. The molecule has 158 valence electrons. The van der Waals surface area contributed by atoms with Gasteiger partial charge in [0.2, 0.25) is 0 Å². The van der Waals surface area contributed by atoms with E-state index in [1.54, 1.807) is 42.5 Å². The van der Waals surface area contributed by atoms with E-state index < -0.39 is 28.5 Å². The van der Waals surface area contributed by atoms with Crippen LogP contribution in [-0.4, -0.2) is 51.9 Å². The van der Waals surface area contributed by atoms with Gasteiger partial charge in [0.1, 0.15) is 0 Å². The molecule has 2 aromatic rings. The van der Waals surface area contributed by atoms with Gasteiger partial charge in [0.15, 0.2) is 6.61 Å². The van der Waals surface area contributed by atoms with E-state index in [1.165, 1.54) is 36.2 Å². The molecule has 0 aromatic heterocycles. The minimum absolute atomic E-state index is 0.0318. The molecule has 0 spiro atoms. The fourth-order valence-corrected chi connectivity index (χ4v) is 3.85. The van der Waals surface area contributed by atoms with Crippen LogP contribution in [0.3, 0.4) is 0 Å². The molecule has 30 heavy (non-hydrogen) atoms. The highest BCUT2D eigenvalue weighted by Gasteiger charge is 2.23. The van der Waals surface area contributed by atoms with Crippen molar-refractivity contribution in [2.75, 3.05) is 31.0 Å². The van der Waals surface area contributed by atoms with Crippen LogP contribution in [0.2, 0.25) is 0 Å². The zero-order valence-corrected chi connectivity index (χ0v) is 17.5. The summed E-state index contributed by atoms with van der Waals surface area (Å²) in [6.07, 6.45) is 3.11. The molecule has 0 heterocycles. The molecule has 0 radical (unpaired) electrons. The summed E-state index contributed by atoms with van der Waals surface area (Å²) >= 11 is 0. The van der Waals surface area contributed by atoms with Crippen molar-refractivity contribution in [1.82, 2.24) is 4.90 Å². The topological polar surface area (TPSA) is 84.0 Å². The molecule has 0 atom stereocenters. The summed E-state index contributed by atoms with van der Waals surface area (Å²) in [6.45, 7) is 7.28. The van der Waals surface area contributed by atoms with Gasteiger partial charge in [-0.2, -0.15) is 0 Å². The molecule has 0 unspecified atom stereocenters. The van der Waals surface area contributed by atoms with E-state index in [9.17, 15) is 18.0 Å². The van der Waals surface area contributed by atoms with E-state index in [4.69, 9.17) is 4.74 Å². The Bertz CT molecular complexity index is 1010. The number of nitrogens with zero attached hydrogens (tertiary/aromatic N) is 2. The van der Waals surface area contributed by atoms with Gasteiger partial charge in [-0.1, -0.05) is 36.4 Å². The van der Waals surface area contributed by atoms with Gasteiger partial charge in [0.05, 0.1) is 16.1 Å². The monoisotopic (exact) mass is 428 g/mol. The highest BCUT2D eigenvalue weighted by molar-refractivity contribution is 7.92. The number of anilines is 1. The molecule has 0 aliphatic carbocycles. The first-order chi connectivity index (χ1) is 14.3. The molecule has 0 aliphatic heterocycles. The standard InChI is InChI=1S/C22H24N2O5S/c1-4-14-24(15-5-2)21(25)17-29-22(26)18-10-9-13-20(16-18)30(27,28)23(3)19-11-7-6-8-12-19/h4-13,16H,1-2,14-15,17H2,3H3. The van der Waals surface area contributed by atoms with E-state index >= 15 is 0 Å². The van der Waals surface area contributed by atoms with E-state index in [-0.39, 0.29) is 10.5 Å². The van der Waals surface area contributed by atoms with Gasteiger partial charge in [0.25, 0.3) is 15.9 Å². The molecule has 2 rings (SSSR count). The van der Waals surface area contributed by atoms with Crippen molar-refractivity contribution in [2.24, 2.45) is 0 Å². The zero-order chi connectivity index (χ0) is 22.1. The van der Waals surface area contributed by atoms with Crippen molar-refractivity contribution in [3.63, 3.8) is 0 Å².